The summed E-state index contributed by atoms with van der Waals surface area (Å²) in [7, 11) is 0. The minimum Gasteiger partial charge on any atom is -0.338 e. The van der Waals surface area contributed by atoms with Crippen molar-refractivity contribution in [3.8, 4) is 0 Å². The van der Waals surface area contributed by atoms with Crippen molar-refractivity contribution >= 4 is 17.8 Å². The molecule has 2 N–H and O–H groups in total. The molecule has 2 rings (SSSR count). The Labute approximate surface area is 157 Å². The first kappa shape index (κ1) is 19.8. The molecule has 2 aromatic carbocycles. The van der Waals surface area contributed by atoms with E-state index < -0.39 is 0 Å². The van der Waals surface area contributed by atoms with Gasteiger partial charge in [0.1, 0.15) is 0 Å². The number of benzene rings is 2. The Hall–Kier alpha value is -2.55. The number of urea groups is 1. The van der Waals surface area contributed by atoms with Gasteiger partial charge in [-0.15, -0.1) is 0 Å². The second kappa shape index (κ2) is 9.81. The van der Waals surface area contributed by atoms with Crippen molar-refractivity contribution in [3.05, 3.63) is 70.8 Å². The van der Waals surface area contributed by atoms with Crippen LogP contribution in [0.25, 0.3) is 6.08 Å². The molecule has 2 aromatic rings. The van der Waals surface area contributed by atoms with Crippen molar-refractivity contribution < 1.29 is 4.79 Å². The van der Waals surface area contributed by atoms with Crippen LogP contribution in [0.1, 0.15) is 42.5 Å². The van der Waals surface area contributed by atoms with Gasteiger partial charge in [0, 0.05) is 17.8 Å². The number of anilines is 1. The second-order valence-electron chi connectivity index (χ2n) is 6.94. The summed E-state index contributed by atoms with van der Waals surface area (Å²) in [5.41, 5.74) is 5.76. The largest absolute Gasteiger partial charge is 0.338 e. The van der Waals surface area contributed by atoms with E-state index in [0.717, 1.165) is 29.7 Å². The molecule has 0 radical (unpaired) electrons. The number of amides is 2. The minimum absolute atomic E-state index is 0.149. The molecule has 138 valence electrons. The maximum atomic E-state index is 12.3. The van der Waals surface area contributed by atoms with Crippen molar-refractivity contribution in [2.24, 2.45) is 5.92 Å². The molecular formula is C23H30N2O. The maximum Gasteiger partial charge on any atom is 0.319 e. The highest BCUT2D eigenvalue weighted by molar-refractivity contribution is 5.92. The summed E-state index contributed by atoms with van der Waals surface area (Å²) in [5.74, 6) is 0.424. The molecular weight excluding hydrogens is 320 g/mol. The molecule has 26 heavy (non-hydrogen) atoms. The number of hydrogen-bond donors (Lipinski definition) is 2. The topological polar surface area (TPSA) is 41.1 Å². The summed E-state index contributed by atoms with van der Waals surface area (Å²) < 4.78 is 0. The Morgan fingerprint density at radius 3 is 2.54 bits per heavy atom. The molecule has 0 heterocycles. The molecule has 0 bridgehead atoms. The molecule has 0 aliphatic heterocycles. The van der Waals surface area contributed by atoms with Gasteiger partial charge in [0.25, 0.3) is 0 Å². The van der Waals surface area contributed by atoms with E-state index in [2.05, 4.69) is 48.7 Å². The number of rotatable bonds is 7. The van der Waals surface area contributed by atoms with Crippen LogP contribution in [0, 0.1) is 19.8 Å². The van der Waals surface area contributed by atoms with Gasteiger partial charge in [0.2, 0.25) is 0 Å². The van der Waals surface area contributed by atoms with Crippen molar-refractivity contribution in [1.29, 1.82) is 0 Å². The number of allylic oxidation sites excluding steroid dienone is 1. The Morgan fingerprint density at radius 2 is 1.81 bits per heavy atom. The lowest BCUT2D eigenvalue weighted by Crippen LogP contribution is -2.32. The average molecular weight is 351 g/mol. The van der Waals surface area contributed by atoms with E-state index in [-0.39, 0.29) is 6.03 Å². The third-order valence-corrected chi connectivity index (χ3v) is 4.68. The fourth-order valence-electron chi connectivity index (χ4n) is 3.01. The van der Waals surface area contributed by atoms with Gasteiger partial charge in [-0.25, -0.2) is 4.79 Å². The minimum atomic E-state index is -0.149. The van der Waals surface area contributed by atoms with E-state index in [1.54, 1.807) is 0 Å². The Bertz CT molecular complexity index is 765. The monoisotopic (exact) mass is 350 g/mol. The first-order chi connectivity index (χ1) is 12.5. The van der Waals surface area contributed by atoms with Crippen LogP contribution in [-0.4, -0.2) is 12.6 Å². The third-order valence-electron chi connectivity index (χ3n) is 4.68. The lowest BCUT2D eigenvalue weighted by atomic mass is 9.98. The van der Waals surface area contributed by atoms with Crippen LogP contribution in [0.4, 0.5) is 10.5 Å². The molecule has 0 saturated carbocycles. The summed E-state index contributed by atoms with van der Waals surface area (Å²) in [6.45, 7) is 9.02. The van der Waals surface area contributed by atoms with Crippen molar-refractivity contribution in [2.45, 2.75) is 40.5 Å². The van der Waals surface area contributed by atoms with E-state index >= 15 is 0 Å². The Morgan fingerprint density at radius 1 is 1.08 bits per heavy atom. The molecule has 0 aromatic heterocycles. The Balaban J connectivity index is 1.83. The lowest BCUT2D eigenvalue weighted by molar-refractivity contribution is 0.250. The van der Waals surface area contributed by atoms with Gasteiger partial charge in [0.05, 0.1) is 0 Å². The molecule has 0 aliphatic carbocycles. The summed E-state index contributed by atoms with van der Waals surface area (Å²) in [6, 6.07) is 14.3. The fourth-order valence-corrected chi connectivity index (χ4v) is 3.01. The normalized spacial score (nSPS) is 12.2. The number of carbonyl (C=O) groups is 1. The van der Waals surface area contributed by atoms with Crippen LogP contribution in [0.5, 0.6) is 0 Å². The Kier molecular flexibility index (Phi) is 7.46. The van der Waals surface area contributed by atoms with Crippen LogP contribution in [0.3, 0.4) is 0 Å². The molecule has 3 heteroatoms. The molecule has 1 atom stereocenters. The lowest BCUT2D eigenvalue weighted by Gasteiger charge is -2.15. The second-order valence-corrected chi connectivity index (χ2v) is 6.94. The number of carbonyl (C=O) groups excluding carboxylic acids is 1. The van der Waals surface area contributed by atoms with E-state index in [1.165, 1.54) is 11.1 Å². The zero-order valence-corrected chi connectivity index (χ0v) is 16.3. The first-order valence-electron chi connectivity index (χ1n) is 9.33. The molecule has 0 spiro atoms. The summed E-state index contributed by atoms with van der Waals surface area (Å²) >= 11 is 0. The van der Waals surface area contributed by atoms with Gasteiger partial charge in [-0.1, -0.05) is 55.5 Å². The van der Waals surface area contributed by atoms with Gasteiger partial charge < -0.3 is 10.6 Å². The van der Waals surface area contributed by atoms with E-state index in [1.807, 2.05) is 44.2 Å². The SMILES string of the molecule is C/C=C\c1c(C)cccc1NC(=O)NCC(C)CCc1ccccc1C. The third kappa shape index (κ3) is 5.76. The van der Waals surface area contributed by atoms with Crippen LogP contribution in [0.15, 0.2) is 48.5 Å². The molecule has 0 saturated heterocycles. The standard InChI is InChI=1S/C23H30N2O/c1-5-9-21-19(4)11-8-13-22(21)25-23(26)24-16-17(2)14-15-20-12-7-6-10-18(20)3/h5-13,17H,14-16H2,1-4H3,(H2,24,25,26)/b9-5-. The fraction of sp³-hybridized carbons (Fsp3) is 0.348. The smallest absolute Gasteiger partial charge is 0.319 e. The summed E-state index contributed by atoms with van der Waals surface area (Å²) in [5, 5.41) is 5.97. The van der Waals surface area contributed by atoms with Gasteiger partial charge in [-0.2, -0.15) is 0 Å². The van der Waals surface area contributed by atoms with Crippen molar-refractivity contribution in [3.63, 3.8) is 0 Å². The number of nitrogens with one attached hydrogen (secondary N) is 2. The van der Waals surface area contributed by atoms with Crippen LogP contribution in [0.2, 0.25) is 0 Å². The van der Waals surface area contributed by atoms with Gasteiger partial charge in [-0.05, 0) is 62.3 Å². The molecule has 3 nitrogen and oxygen atoms in total. The van der Waals surface area contributed by atoms with Gasteiger partial charge in [0.15, 0.2) is 0 Å². The summed E-state index contributed by atoms with van der Waals surface area (Å²) in [4.78, 5) is 12.3. The van der Waals surface area contributed by atoms with E-state index in [0.29, 0.717) is 12.5 Å². The zero-order chi connectivity index (χ0) is 18.9. The van der Waals surface area contributed by atoms with Crippen LogP contribution in [-0.2, 0) is 6.42 Å². The quantitative estimate of drug-likeness (QED) is 0.658. The van der Waals surface area contributed by atoms with Crippen LogP contribution < -0.4 is 10.6 Å². The highest BCUT2D eigenvalue weighted by Gasteiger charge is 2.09. The number of aryl methyl sites for hydroxylation is 3. The van der Waals surface area contributed by atoms with E-state index in [9.17, 15) is 4.79 Å². The maximum absolute atomic E-state index is 12.3. The van der Waals surface area contributed by atoms with Crippen molar-refractivity contribution in [2.75, 3.05) is 11.9 Å². The molecule has 0 aliphatic rings. The molecule has 2 amide bonds. The van der Waals surface area contributed by atoms with Crippen molar-refractivity contribution in [1.82, 2.24) is 5.32 Å². The van der Waals surface area contributed by atoms with Crippen LogP contribution >= 0.6 is 0 Å². The number of hydrogen-bond acceptors (Lipinski definition) is 1. The summed E-state index contributed by atoms with van der Waals surface area (Å²) in [6.07, 6.45) is 6.11. The highest BCUT2D eigenvalue weighted by Crippen LogP contribution is 2.21. The van der Waals surface area contributed by atoms with E-state index in [4.69, 9.17) is 0 Å². The highest BCUT2D eigenvalue weighted by atomic mass is 16.2. The predicted molar refractivity (Wildman–Crippen MR) is 112 cm³/mol. The predicted octanol–water partition coefficient (Wildman–Crippen LogP) is 5.73. The average Bonchev–Trinajstić information content (AvgIpc) is 2.62. The zero-order valence-electron chi connectivity index (χ0n) is 16.3. The van der Waals surface area contributed by atoms with Gasteiger partial charge in [-0.3, -0.25) is 0 Å². The first-order valence-corrected chi connectivity index (χ1v) is 9.33. The molecule has 0 fully saturated rings. The van der Waals surface area contributed by atoms with Gasteiger partial charge >= 0.3 is 6.03 Å². The molecule has 1 unspecified atom stereocenters.